The molecule has 8 nitrogen and oxygen atoms in total. The SMILES string of the molecule is N=Cc1cc(NC(=O)C(=O)NCCCN2CCCC2=O)cc(-c2cc3ccccc3s2)c1N. The van der Waals surface area contributed by atoms with Gasteiger partial charge in [-0.05, 0) is 42.5 Å². The number of nitrogens with one attached hydrogen (secondary N) is 3. The van der Waals surface area contributed by atoms with Crippen LogP contribution >= 0.6 is 11.3 Å². The molecule has 0 aliphatic carbocycles. The maximum absolute atomic E-state index is 12.4. The first-order valence-electron chi connectivity index (χ1n) is 10.8. The summed E-state index contributed by atoms with van der Waals surface area (Å²) >= 11 is 1.57. The lowest BCUT2D eigenvalue weighted by molar-refractivity contribution is -0.136. The summed E-state index contributed by atoms with van der Waals surface area (Å²) in [5.74, 6) is -1.41. The Hall–Kier alpha value is -3.72. The lowest BCUT2D eigenvalue weighted by Crippen LogP contribution is -2.37. The van der Waals surface area contributed by atoms with E-state index in [9.17, 15) is 14.4 Å². The minimum atomic E-state index is -0.796. The molecule has 1 aliphatic rings. The highest BCUT2D eigenvalue weighted by molar-refractivity contribution is 7.22. The van der Waals surface area contributed by atoms with Crippen LogP contribution in [0.4, 0.5) is 11.4 Å². The number of likely N-dealkylation sites (tertiary alicyclic amines) is 1. The smallest absolute Gasteiger partial charge is 0.313 e. The van der Waals surface area contributed by atoms with Crippen molar-refractivity contribution in [2.24, 2.45) is 0 Å². The van der Waals surface area contributed by atoms with E-state index in [-0.39, 0.29) is 5.91 Å². The Labute approximate surface area is 195 Å². The largest absolute Gasteiger partial charge is 0.398 e. The first-order valence-corrected chi connectivity index (χ1v) is 11.6. The molecule has 5 N–H and O–H groups in total. The molecule has 0 saturated carbocycles. The number of nitrogens with two attached hydrogens (primary N) is 1. The number of benzene rings is 2. The second kappa shape index (κ2) is 9.83. The van der Waals surface area contributed by atoms with Crippen molar-refractivity contribution in [3.8, 4) is 10.4 Å². The van der Waals surface area contributed by atoms with E-state index in [2.05, 4.69) is 10.6 Å². The van der Waals surface area contributed by atoms with Gasteiger partial charge in [-0.25, -0.2) is 0 Å². The zero-order valence-electron chi connectivity index (χ0n) is 18.0. The van der Waals surface area contributed by atoms with E-state index in [4.69, 9.17) is 11.1 Å². The van der Waals surface area contributed by atoms with Gasteiger partial charge in [-0.3, -0.25) is 14.4 Å². The average molecular weight is 464 g/mol. The third kappa shape index (κ3) is 5.04. The lowest BCUT2D eigenvalue weighted by atomic mass is 10.0. The van der Waals surface area contributed by atoms with Crippen molar-refractivity contribution in [3.05, 3.63) is 48.0 Å². The topological polar surface area (TPSA) is 128 Å². The number of anilines is 2. The van der Waals surface area contributed by atoms with Gasteiger partial charge in [-0.2, -0.15) is 0 Å². The normalized spacial score (nSPS) is 13.3. The molecule has 0 radical (unpaired) electrons. The number of nitrogens with zero attached hydrogens (tertiary/aromatic N) is 1. The fourth-order valence-corrected chi connectivity index (χ4v) is 4.96. The molecule has 3 amide bonds. The van der Waals surface area contributed by atoms with Crippen LogP contribution in [0, 0.1) is 5.41 Å². The molecule has 0 atom stereocenters. The number of fused-ring (bicyclic) bond motifs is 1. The predicted molar refractivity (Wildman–Crippen MR) is 132 cm³/mol. The van der Waals surface area contributed by atoms with E-state index in [0.717, 1.165) is 34.1 Å². The number of nitrogen functional groups attached to an aromatic ring is 1. The van der Waals surface area contributed by atoms with Crippen molar-refractivity contribution in [3.63, 3.8) is 0 Å². The van der Waals surface area contributed by atoms with Crippen molar-refractivity contribution in [2.45, 2.75) is 19.3 Å². The van der Waals surface area contributed by atoms with Gasteiger partial charge in [0, 0.05) is 64.3 Å². The van der Waals surface area contributed by atoms with Crippen LogP contribution in [0.15, 0.2) is 42.5 Å². The van der Waals surface area contributed by atoms with E-state index < -0.39 is 11.8 Å². The Bertz CT molecular complexity index is 1200. The van der Waals surface area contributed by atoms with Crippen LogP contribution in [-0.4, -0.2) is 48.5 Å². The number of hydrogen-bond donors (Lipinski definition) is 4. The van der Waals surface area contributed by atoms with Gasteiger partial charge in [0.15, 0.2) is 0 Å². The number of carbonyl (C=O) groups is 3. The summed E-state index contributed by atoms with van der Waals surface area (Å²) in [4.78, 5) is 39.0. The highest BCUT2D eigenvalue weighted by atomic mass is 32.1. The first-order chi connectivity index (χ1) is 16.0. The van der Waals surface area contributed by atoms with Crippen LogP contribution in [-0.2, 0) is 14.4 Å². The van der Waals surface area contributed by atoms with Gasteiger partial charge in [0.05, 0.1) is 0 Å². The van der Waals surface area contributed by atoms with Gasteiger partial charge in [0.25, 0.3) is 0 Å². The fourth-order valence-electron chi connectivity index (χ4n) is 3.87. The Morgan fingerprint density at radius 2 is 2.00 bits per heavy atom. The maximum atomic E-state index is 12.4. The zero-order chi connectivity index (χ0) is 23.4. The molecule has 0 spiro atoms. The highest BCUT2D eigenvalue weighted by Gasteiger charge is 2.20. The number of thiophene rings is 1. The Balaban J connectivity index is 1.43. The van der Waals surface area contributed by atoms with E-state index in [1.807, 2.05) is 30.3 Å². The summed E-state index contributed by atoms with van der Waals surface area (Å²) in [5, 5.41) is 14.0. The maximum Gasteiger partial charge on any atom is 0.313 e. The second-order valence-corrected chi connectivity index (χ2v) is 8.95. The lowest BCUT2D eigenvalue weighted by Gasteiger charge is -2.15. The highest BCUT2D eigenvalue weighted by Crippen LogP contribution is 2.38. The summed E-state index contributed by atoms with van der Waals surface area (Å²) in [5.41, 5.74) is 8.26. The third-order valence-corrected chi connectivity index (χ3v) is 6.73. The molecule has 0 bridgehead atoms. The molecule has 0 unspecified atom stereocenters. The molecule has 33 heavy (non-hydrogen) atoms. The summed E-state index contributed by atoms with van der Waals surface area (Å²) in [7, 11) is 0. The minimum absolute atomic E-state index is 0.138. The molecule has 1 saturated heterocycles. The van der Waals surface area contributed by atoms with Crippen LogP contribution in [0.25, 0.3) is 20.5 Å². The Morgan fingerprint density at radius 3 is 2.73 bits per heavy atom. The van der Waals surface area contributed by atoms with Gasteiger partial charge in [0.1, 0.15) is 0 Å². The molecule has 2 heterocycles. The van der Waals surface area contributed by atoms with Crippen molar-refractivity contribution in [2.75, 3.05) is 30.7 Å². The van der Waals surface area contributed by atoms with E-state index in [1.165, 1.54) is 0 Å². The fraction of sp³-hybridized carbons (Fsp3) is 0.250. The van der Waals surface area contributed by atoms with Crippen LogP contribution in [0.3, 0.4) is 0 Å². The zero-order valence-corrected chi connectivity index (χ0v) is 18.8. The molecular weight excluding hydrogens is 438 g/mol. The molecule has 170 valence electrons. The third-order valence-electron chi connectivity index (χ3n) is 5.58. The summed E-state index contributed by atoms with van der Waals surface area (Å²) in [6.45, 7) is 1.62. The summed E-state index contributed by atoms with van der Waals surface area (Å²) in [6.07, 6.45) is 3.16. The van der Waals surface area contributed by atoms with Crippen LogP contribution in [0.1, 0.15) is 24.8 Å². The molecule has 4 rings (SSSR count). The van der Waals surface area contributed by atoms with Crippen LogP contribution in [0.2, 0.25) is 0 Å². The van der Waals surface area contributed by atoms with E-state index in [1.54, 1.807) is 28.4 Å². The number of carbonyl (C=O) groups excluding carboxylic acids is 3. The molecule has 9 heteroatoms. The van der Waals surface area contributed by atoms with Gasteiger partial charge in [-0.1, -0.05) is 18.2 Å². The first kappa shape index (κ1) is 22.5. The standard InChI is InChI=1S/C24H25N5O3S/c25-14-16-11-17(13-18(22(16)26)20-12-15-5-1-2-6-19(15)33-20)28-24(32)23(31)27-8-4-10-29-9-3-7-21(29)30/h1-2,5-6,11-14,25H,3-4,7-10,26H2,(H,27,31)(H,28,32). The summed E-state index contributed by atoms with van der Waals surface area (Å²) < 4.78 is 1.10. The second-order valence-electron chi connectivity index (χ2n) is 7.87. The van der Waals surface area contributed by atoms with E-state index in [0.29, 0.717) is 48.4 Å². The molecule has 1 fully saturated rings. The molecule has 1 aliphatic heterocycles. The molecule has 2 aromatic carbocycles. The Kier molecular flexibility index (Phi) is 6.69. The Morgan fingerprint density at radius 1 is 1.18 bits per heavy atom. The van der Waals surface area contributed by atoms with Crippen molar-refractivity contribution in [1.82, 2.24) is 10.2 Å². The number of hydrogen-bond acceptors (Lipinski definition) is 6. The van der Waals surface area contributed by atoms with Crippen LogP contribution < -0.4 is 16.4 Å². The van der Waals surface area contributed by atoms with Gasteiger partial charge < -0.3 is 26.7 Å². The molecular formula is C24H25N5O3S. The summed E-state index contributed by atoms with van der Waals surface area (Å²) in [6, 6.07) is 13.3. The van der Waals surface area contributed by atoms with Crippen molar-refractivity contribution in [1.29, 1.82) is 5.41 Å². The van der Waals surface area contributed by atoms with Gasteiger partial charge in [-0.15, -0.1) is 11.3 Å². The molecule has 1 aromatic heterocycles. The van der Waals surface area contributed by atoms with Gasteiger partial charge >= 0.3 is 11.8 Å². The predicted octanol–water partition coefficient (Wildman–Crippen LogP) is 3.22. The monoisotopic (exact) mass is 463 g/mol. The van der Waals surface area contributed by atoms with E-state index >= 15 is 0 Å². The van der Waals surface area contributed by atoms with Gasteiger partial charge in [0.2, 0.25) is 5.91 Å². The van der Waals surface area contributed by atoms with Crippen molar-refractivity contribution >= 4 is 56.7 Å². The molecule has 3 aromatic rings. The quantitative estimate of drug-likeness (QED) is 0.186. The number of amides is 3. The van der Waals surface area contributed by atoms with Crippen LogP contribution in [0.5, 0.6) is 0 Å². The average Bonchev–Trinajstić information content (AvgIpc) is 3.43. The number of rotatable bonds is 7. The minimum Gasteiger partial charge on any atom is -0.398 e. The van der Waals surface area contributed by atoms with Crippen molar-refractivity contribution < 1.29 is 14.4 Å².